The highest BCUT2D eigenvalue weighted by atomic mass is 19.1. The second-order valence-electron chi connectivity index (χ2n) is 8.93. The van der Waals surface area contributed by atoms with E-state index < -0.39 is 59.2 Å². The molecule has 3 atom stereocenters. The molecule has 2 aromatic carbocycles. The van der Waals surface area contributed by atoms with Crippen molar-refractivity contribution in [2.24, 2.45) is 0 Å². The van der Waals surface area contributed by atoms with E-state index in [0.717, 1.165) is 23.1 Å². The first-order chi connectivity index (χ1) is 18.2. The van der Waals surface area contributed by atoms with Crippen LogP contribution in [0, 0.1) is 15.9 Å². The Morgan fingerprint density at radius 2 is 1.87 bits per heavy atom. The lowest BCUT2D eigenvalue weighted by Crippen LogP contribution is -2.56. The van der Waals surface area contributed by atoms with Crippen LogP contribution in [0.15, 0.2) is 48.5 Å². The first-order valence-electron chi connectivity index (χ1n) is 11.9. The lowest BCUT2D eigenvalue weighted by Gasteiger charge is -2.31. The summed E-state index contributed by atoms with van der Waals surface area (Å²) in [7, 11) is 0. The Balaban J connectivity index is 1.66. The predicted octanol–water partition coefficient (Wildman–Crippen LogP) is 1.86. The van der Waals surface area contributed by atoms with Crippen LogP contribution < -0.4 is 5.32 Å². The molecule has 2 aromatic rings. The van der Waals surface area contributed by atoms with E-state index in [2.05, 4.69) is 5.32 Å². The van der Waals surface area contributed by atoms with Gasteiger partial charge in [-0.25, -0.2) is 4.39 Å². The number of amides is 3. The highest BCUT2D eigenvalue weighted by molar-refractivity contribution is 5.99. The number of aliphatic carboxylic acids is 1. The Morgan fingerprint density at radius 1 is 1.13 bits per heavy atom. The topological polar surface area (TPSA) is 159 Å². The van der Waals surface area contributed by atoms with Crippen LogP contribution in [-0.4, -0.2) is 75.5 Å². The first kappa shape index (κ1) is 26.7. The van der Waals surface area contributed by atoms with Crippen LogP contribution in [0.5, 0.6) is 0 Å². The van der Waals surface area contributed by atoms with E-state index in [1.54, 1.807) is 0 Å². The minimum atomic E-state index is -1.47. The lowest BCUT2D eigenvalue weighted by atomic mass is 10.0. The molecule has 200 valence electrons. The van der Waals surface area contributed by atoms with Crippen LogP contribution in [0.25, 0.3) is 0 Å². The van der Waals surface area contributed by atoms with Crippen LogP contribution >= 0.6 is 0 Å². The molecule has 2 saturated heterocycles. The first-order valence-corrected chi connectivity index (χ1v) is 11.9. The zero-order chi connectivity index (χ0) is 27.4. The van der Waals surface area contributed by atoms with E-state index in [9.17, 15) is 38.8 Å². The van der Waals surface area contributed by atoms with Gasteiger partial charge in [0, 0.05) is 37.4 Å². The minimum absolute atomic E-state index is 0.00174. The highest BCUT2D eigenvalue weighted by Crippen LogP contribution is 2.26. The quantitative estimate of drug-likeness (QED) is 0.388. The molecule has 0 aromatic heterocycles. The van der Waals surface area contributed by atoms with Crippen molar-refractivity contribution in [3.05, 3.63) is 75.6 Å². The summed E-state index contributed by atoms with van der Waals surface area (Å²) in [5.41, 5.74) is -0.172. The van der Waals surface area contributed by atoms with Crippen molar-refractivity contribution >= 4 is 29.4 Å². The summed E-state index contributed by atoms with van der Waals surface area (Å²) in [4.78, 5) is 64.6. The molecule has 12 nitrogen and oxygen atoms in total. The molecule has 2 heterocycles. The Kier molecular flexibility index (Phi) is 7.96. The summed E-state index contributed by atoms with van der Waals surface area (Å²) >= 11 is 0. The molecule has 2 aliphatic heterocycles. The average molecular weight is 528 g/mol. The maximum atomic E-state index is 13.8. The maximum absolute atomic E-state index is 13.8. The van der Waals surface area contributed by atoms with Crippen LogP contribution in [0.1, 0.15) is 41.2 Å². The molecular weight excluding hydrogens is 503 g/mol. The lowest BCUT2D eigenvalue weighted by molar-refractivity contribution is -0.384. The number of carbonyl (C=O) groups is 4. The van der Waals surface area contributed by atoms with E-state index in [0.29, 0.717) is 19.4 Å². The molecular formula is C25H25FN4O8. The second-order valence-corrected chi connectivity index (χ2v) is 8.93. The summed E-state index contributed by atoms with van der Waals surface area (Å²) in [6, 6.07) is 8.85. The van der Waals surface area contributed by atoms with Crippen LogP contribution in [0.3, 0.4) is 0 Å². The number of non-ortho nitro benzene ring substituents is 1. The van der Waals surface area contributed by atoms with Gasteiger partial charge in [0.25, 0.3) is 23.4 Å². The summed E-state index contributed by atoms with van der Waals surface area (Å²) in [6.07, 6.45) is -1.78. The van der Waals surface area contributed by atoms with Gasteiger partial charge in [-0.3, -0.25) is 29.3 Å². The molecule has 13 heteroatoms. The van der Waals surface area contributed by atoms with Gasteiger partial charge >= 0.3 is 5.97 Å². The van der Waals surface area contributed by atoms with Crippen LogP contribution in [0.4, 0.5) is 10.1 Å². The van der Waals surface area contributed by atoms with E-state index in [-0.39, 0.29) is 29.9 Å². The smallest absolute Gasteiger partial charge is 0.305 e. The number of nitro benzene ring substituents is 1. The van der Waals surface area contributed by atoms with Crippen LogP contribution in [0.2, 0.25) is 0 Å². The maximum Gasteiger partial charge on any atom is 0.305 e. The minimum Gasteiger partial charge on any atom is -0.481 e. The number of nitrogens with one attached hydrogen (secondary N) is 1. The molecule has 2 fully saturated rings. The number of benzene rings is 2. The number of carbonyl (C=O) groups excluding carboxylic acids is 3. The molecule has 2 N–H and O–H groups in total. The van der Waals surface area contributed by atoms with Crippen molar-refractivity contribution < 1.29 is 38.3 Å². The monoisotopic (exact) mass is 528 g/mol. The molecule has 3 amide bonds. The van der Waals surface area contributed by atoms with Crippen molar-refractivity contribution in [1.82, 2.24) is 15.1 Å². The molecule has 0 radical (unpaired) electrons. The molecule has 4 rings (SSSR count). The van der Waals surface area contributed by atoms with Gasteiger partial charge in [0.05, 0.1) is 17.4 Å². The van der Waals surface area contributed by atoms with E-state index >= 15 is 0 Å². The third-order valence-corrected chi connectivity index (χ3v) is 6.41. The molecule has 3 unspecified atom stereocenters. The third-order valence-electron chi connectivity index (χ3n) is 6.41. The zero-order valence-electron chi connectivity index (χ0n) is 20.1. The fourth-order valence-corrected chi connectivity index (χ4v) is 4.63. The summed E-state index contributed by atoms with van der Waals surface area (Å²) in [5.74, 6) is -4.00. The number of hydrogen-bond donors (Lipinski definition) is 2. The van der Waals surface area contributed by atoms with Gasteiger partial charge in [-0.05, 0) is 36.6 Å². The van der Waals surface area contributed by atoms with Crippen molar-refractivity contribution in [1.29, 1.82) is 0 Å². The number of rotatable bonds is 8. The van der Waals surface area contributed by atoms with Gasteiger partial charge in [-0.1, -0.05) is 18.2 Å². The number of ether oxygens (including phenoxy) is 1. The van der Waals surface area contributed by atoms with E-state index in [1.165, 1.54) is 35.2 Å². The van der Waals surface area contributed by atoms with Crippen molar-refractivity contribution in [2.45, 2.75) is 37.6 Å². The zero-order valence-corrected chi connectivity index (χ0v) is 20.1. The summed E-state index contributed by atoms with van der Waals surface area (Å²) < 4.78 is 19.3. The molecule has 38 heavy (non-hydrogen) atoms. The number of nitro groups is 1. The van der Waals surface area contributed by atoms with Gasteiger partial charge in [-0.2, -0.15) is 0 Å². The molecule has 0 saturated carbocycles. The second kappa shape index (κ2) is 11.3. The van der Waals surface area contributed by atoms with E-state index in [4.69, 9.17) is 4.74 Å². The largest absolute Gasteiger partial charge is 0.481 e. The van der Waals surface area contributed by atoms with E-state index in [1.807, 2.05) is 0 Å². The Morgan fingerprint density at radius 3 is 2.53 bits per heavy atom. The number of halogens is 1. The standard InChI is InChI=1S/C25H25FN4O8/c26-17-6-1-5-16(12-17)24(34)28-9-10-29(25(35)20-8-3-11-38-20)23(28)22(33)27-19(14-21(31)32)15-4-2-7-18(13-15)30(36)37/h1-2,4-7,12-13,19-20,23H,3,8-11,14H2,(H,27,33)(H,31,32). The number of carboxylic acids is 1. The van der Waals surface area contributed by atoms with Gasteiger partial charge in [0.15, 0.2) is 6.17 Å². The highest BCUT2D eigenvalue weighted by Gasteiger charge is 2.45. The predicted molar refractivity (Wildman–Crippen MR) is 128 cm³/mol. The van der Waals surface area contributed by atoms with Crippen molar-refractivity contribution in [3.8, 4) is 0 Å². The van der Waals surface area contributed by atoms with Crippen molar-refractivity contribution in [2.75, 3.05) is 19.7 Å². The Bertz CT molecular complexity index is 1270. The fraction of sp³-hybridized carbons (Fsp3) is 0.360. The SMILES string of the molecule is O=C(O)CC(NC(=O)C1N(C(=O)c2cccc(F)c2)CCN1C(=O)C1CCCO1)c1cccc([N+](=O)[O-])c1. The third kappa shape index (κ3) is 5.78. The molecule has 0 spiro atoms. The number of nitrogens with zero attached hydrogens (tertiary/aromatic N) is 3. The van der Waals surface area contributed by atoms with Gasteiger partial charge in [0.1, 0.15) is 11.9 Å². The van der Waals surface area contributed by atoms with Crippen LogP contribution in [-0.2, 0) is 19.1 Å². The molecule has 0 aliphatic carbocycles. The summed E-state index contributed by atoms with van der Waals surface area (Å²) in [6.45, 7) is 0.338. The van der Waals surface area contributed by atoms with Crippen molar-refractivity contribution in [3.63, 3.8) is 0 Å². The number of hydrogen-bond acceptors (Lipinski definition) is 7. The fourth-order valence-electron chi connectivity index (χ4n) is 4.63. The average Bonchev–Trinajstić information content (AvgIpc) is 3.58. The Hall–Kier alpha value is -4.39. The van der Waals surface area contributed by atoms with Gasteiger partial charge in [0.2, 0.25) is 0 Å². The van der Waals surface area contributed by atoms with Gasteiger partial charge in [-0.15, -0.1) is 0 Å². The summed E-state index contributed by atoms with van der Waals surface area (Å²) in [5, 5.41) is 23.2. The molecule has 2 aliphatic rings. The normalized spacial score (nSPS) is 19.7. The van der Waals surface area contributed by atoms with Gasteiger partial charge < -0.3 is 25.0 Å². The number of carboxylic acid groups (broad SMARTS) is 1. The Labute approximate surface area is 216 Å². The molecule has 0 bridgehead atoms.